The fraction of sp³-hybridized carbons (Fsp3) is 0.400. The summed E-state index contributed by atoms with van der Waals surface area (Å²) < 4.78 is 4.88. The molecule has 2 heterocycles. The lowest BCUT2D eigenvalue weighted by molar-refractivity contribution is -0.150. The number of nitrogens with zero attached hydrogens (tertiary/aromatic N) is 1. The maximum Gasteiger partial charge on any atom is 0.242 e. The standard InChI is InChI=1S/C10H12N2O3/c13-9(11-12-5-3-10(12)14)2-1-8-4-6-15-7-8/h4,6-7H,1-3,5H2,(H,11,13). The molecule has 1 aliphatic heterocycles. The summed E-state index contributed by atoms with van der Waals surface area (Å²) in [7, 11) is 0. The van der Waals surface area contributed by atoms with Crippen LogP contribution in [0.25, 0.3) is 0 Å². The number of aryl methyl sites for hydroxylation is 1. The highest BCUT2D eigenvalue weighted by Crippen LogP contribution is 2.06. The van der Waals surface area contributed by atoms with Gasteiger partial charge in [-0.15, -0.1) is 0 Å². The number of carbonyl (C=O) groups is 2. The number of rotatable bonds is 4. The fourth-order valence-corrected chi connectivity index (χ4v) is 1.33. The summed E-state index contributed by atoms with van der Waals surface area (Å²) >= 11 is 0. The van der Waals surface area contributed by atoms with E-state index in [9.17, 15) is 9.59 Å². The monoisotopic (exact) mass is 208 g/mol. The molecule has 0 unspecified atom stereocenters. The number of carbonyl (C=O) groups excluding carboxylic acids is 2. The lowest BCUT2D eigenvalue weighted by Gasteiger charge is -2.30. The molecule has 80 valence electrons. The van der Waals surface area contributed by atoms with E-state index in [1.807, 2.05) is 6.07 Å². The number of hydrogen-bond donors (Lipinski definition) is 1. The van der Waals surface area contributed by atoms with Crippen molar-refractivity contribution in [2.45, 2.75) is 19.3 Å². The maximum atomic E-state index is 11.4. The second-order valence-electron chi connectivity index (χ2n) is 3.46. The van der Waals surface area contributed by atoms with Crippen LogP contribution in [0, 0.1) is 0 Å². The first-order valence-electron chi connectivity index (χ1n) is 4.86. The molecule has 0 bridgehead atoms. The van der Waals surface area contributed by atoms with Gasteiger partial charge in [-0.25, -0.2) is 0 Å². The van der Waals surface area contributed by atoms with Gasteiger partial charge in [0.25, 0.3) is 0 Å². The lowest BCUT2D eigenvalue weighted by atomic mass is 10.2. The van der Waals surface area contributed by atoms with Gasteiger partial charge in [-0.05, 0) is 18.1 Å². The van der Waals surface area contributed by atoms with Gasteiger partial charge < -0.3 is 4.42 Å². The van der Waals surface area contributed by atoms with Crippen LogP contribution < -0.4 is 5.43 Å². The van der Waals surface area contributed by atoms with Gasteiger partial charge in [-0.3, -0.25) is 20.0 Å². The van der Waals surface area contributed by atoms with E-state index in [1.165, 1.54) is 5.01 Å². The van der Waals surface area contributed by atoms with Crippen LogP contribution in [-0.4, -0.2) is 23.4 Å². The van der Waals surface area contributed by atoms with Gasteiger partial charge in [-0.1, -0.05) is 0 Å². The predicted molar refractivity (Wildman–Crippen MR) is 51.5 cm³/mol. The van der Waals surface area contributed by atoms with Gasteiger partial charge >= 0.3 is 0 Å². The topological polar surface area (TPSA) is 62.6 Å². The Hall–Kier alpha value is -1.78. The van der Waals surface area contributed by atoms with Crippen molar-refractivity contribution in [2.24, 2.45) is 0 Å². The quantitative estimate of drug-likeness (QED) is 0.732. The van der Waals surface area contributed by atoms with E-state index >= 15 is 0 Å². The van der Waals surface area contributed by atoms with Crippen LogP contribution in [0.1, 0.15) is 18.4 Å². The van der Waals surface area contributed by atoms with Crippen LogP contribution >= 0.6 is 0 Å². The normalized spacial score (nSPS) is 14.9. The van der Waals surface area contributed by atoms with Crippen LogP contribution in [0.5, 0.6) is 0 Å². The molecular formula is C10H12N2O3. The predicted octanol–water partition coefficient (Wildman–Crippen LogP) is 0.476. The van der Waals surface area contributed by atoms with E-state index in [0.29, 0.717) is 25.8 Å². The zero-order chi connectivity index (χ0) is 10.7. The van der Waals surface area contributed by atoms with E-state index in [0.717, 1.165) is 5.56 Å². The molecule has 1 fully saturated rings. The summed E-state index contributed by atoms with van der Waals surface area (Å²) in [6.07, 6.45) is 4.71. The second kappa shape index (κ2) is 4.16. The molecule has 2 rings (SSSR count). The number of nitrogens with one attached hydrogen (secondary N) is 1. The summed E-state index contributed by atoms with van der Waals surface area (Å²) in [6, 6.07) is 1.82. The third-order valence-electron chi connectivity index (χ3n) is 2.33. The first-order chi connectivity index (χ1) is 7.25. The van der Waals surface area contributed by atoms with Crippen molar-refractivity contribution in [2.75, 3.05) is 6.54 Å². The van der Waals surface area contributed by atoms with Crippen LogP contribution in [0.2, 0.25) is 0 Å². The Morgan fingerprint density at radius 2 is 2.47 bits per heavy atom. The van der Waals surface area contributed by atoms with Crippen LogP contribution in [0.15, 0.2) is 23.0 Å². The van der Waals surface area contributed by atoms with E-state index in [1.54, 1.807) is 12.5 Å². The molecule has 0 saturated carbocycles. The minimum absolute atomic E-state index is 0.0216. The average Bonchev–Trinajstić information content (AvgIpc) is 2.73. The molecule has 1 aromatic heterocycles. The van der Waals surface area contributed by atoms with Crippen molar-refractivity contribution in [3.63, 3.8) is 0 Å². The van der Waals surface area contributed by atoms with E-state index < -0.39 is 0 Å². The van der Waals surface area contributed by atoms with Gasteiger partial charge in [0.15, 0.2) is 0 Å². The molecular weight excluding hydrogens is 196 g/mol. The Bertz CT molecular complexity index is 359. The molecule has 2 amide bonds. The highest BCUT2D eigenvalue weighted by Gasteiger charge is 2.24. The average molecular weight is 208 g/mol. The number of amides is 2. The number of furan rings is 1. The molecule has 1 saturated heterocycles. The molecule has 0 spiro atoms. The fourth-order valence-electron chi connectivity index (χ4n) is 1.33. The van der Waals surface area contributed by atoms with Crippen LogP contribution in [0.4, 0.5) is 0 Å². The van der Waals surface area contributed by atoms with Gasteiger partial charge in [0.05, 0.1) is 19.1 Å². The zero-order valence-corrected chi connectivity index (χ0v) is 8.23. The molecule has 5 heteroatoms. The molecule has 0 aromatic carbocycles. The van der Waals surface area contributed by atoms with Crippen molar-refractivity contribution in [1.29, 1.82) is 0 Å². The first-order valence-corrected chi connectivity index (χ1v) is 4.86. The van der Waals surface area contributed by atoms with E-state index in [-0.39, 0.29) is 11.8 Å². The molecule has 1 N–H and O–H groups in total. The molecule has 0 radical (unpaired) electrons. The Morgan fingerprint density at radius 1 is 1.60 bits per heavy atom. The summed E-state index contributed by atoms with van der Waals surface area (Å²) in [6.45, 7) is 0.621. The first kappa shape index (κ1) is 9.76. The van der Waals surface area contributed by atoms with E-state index in [2.05, 4.69) is 5.43 Å². The highest BCUT2D eigenvalue weighted by atomic mass is 16.3. The van der Waals surface area contributed by atoms with Gasteiger partial charge in [0.1, 0.15) is 0 Å². The lowest BCUT2D eigenvalue weighted by Crippen LogP contribution is -2.54. The Labute approximate surface area is 87.0 Å². The Morgan fingerprint density at radius 3 is 3.00 bits per heavy atom. The smallest absolute Gasteiger partial charge is 0.242 e. The third kappa shape index (κ3) is 2.37. The van der Waals surface area contributed by atoms with Crippen molar-refractivity contribution >= 4 is 11.8 Å². The van der Waals surface area contributed by atoms with Crippen molar-refractivity contribution < 1.29 is 14.0 Å². The summed E-state index contributed by atoms with van der Waals surface area (Å²) in [5, 5.41) is 1.34. The summed E-state index contributed by atoms with van der Waals surface area (Å²) in [5.41, 5.74) is 3.53. The number of β-lactam (4-membered cyclic amide) rings is 1. The van der Waals surface area contributed by atoms with Crippen LogP contribution in [0.3, 0.4) is 0 Å². The number of hydrazine groups is 1. The maximum absolute atomic E-state index is 11.4. The molecule has 5 nitrogen and oxygen atoms in total. The molecule has 15 heavy (non-hydrogen) atoms. The third-order valence-corrected chi connectivity index (χ3v) is 2.33. The van der Waals surface area contributed by atoms with Gasteiger partial charge in [0.2, 0.25) is 11.8 Å². The number of hydrogen-bond acceptors (Lipinski definition) is 3. The molecule has 1 aromatic rings. The van der Waals surface area contributed by atoms with Gasteiger partial charge in [-0.2, -0.15) is 0 Å². The zero-order valence-electron chi connectivity index (χ0n) is 8.23. The minimum atomic E-state index is -0.135. The van der Waals surface area contributed by atoms with Gasteiger partial charge in [0, 0.05) is 12.8 Å². The summed E-state index contributed by atoms with van der Waals surface area (Å²) in [4.78, 5) is 22.2. The summed E-state index contributed by atoms with van der Waals surface area (Å²) in [5.74, 6) is -0.157. The van der Waals surface area contributed by atoms with Crippen molar-refractivity contribution in [1.82, 2.24) is 10.4 Å². The second-order valence-corrected chi connectivity index (χ2v) is 3.46. The Balaban J connectivity index is 1.71. The largest absolute Gasteiger partial charge is 0.472 e. The highest BCUT2D eigenvalue weighted by molar-refractivity contribution is 5.85. The van der Waals surface area contributed by atoms with Crippen LogP contribution in [-0.2, 0) is 16.0 Å². The van der Waals surface area contributed by atoms with E-state index in [4.69, 9.17) is 4.42 Å². The SMILES string of the molecule is O=C(CCc1ccoc1)NN1CCC1=O. The minimum Gasteiger partial charge on any atom is -0.472 e. The van der Waals surface area contributed by atoms with Crippen molar-refractivity contribution in [3.8, 4) is 0 Å². The Kier molecular flexibility index (Phi) is 2.71. The van der Waals surface area contributed by atoms with Crippen molar-refractivity contribution in [3.05, 3.63) is 24.2 Å². The molecule has 0 aliphatic carbocycles. The molecule has 0 atom stereocenters. The molecule has 1 aliphatic rings.